The van der Waals surface area contributed by atoms with Crippen molar-refractivity contribution in [1.29, 1.82) is 0 Å². The quantitative estimate of drug-likeness (QED) is 0.710. The van der Waals surface area contributed by atoms with E-state index >= 15 is 0 Å². The van der Waals surface area contributed by atoms with Crippen LogP contribution in [0.2, 0.25) is 0 Å². The Bertz CT molecular complexity index is 910. The van der Waals surface area contributed by atoms with E-state index in [1.807, 2.05) is 36.4 Å². The number of nitrogens with one attached hydrogen (secondary N) is 1. The van der Waals surface area contributed by atoms with E-state index in [0.717, 1.165) is 37.2 Å². The van der Waals surface area contributed by atoms with E-state index in [-0.39, 0.29) is 18.6 Å². The summed E-state index contributed by atoms with van der Waals surface area (Å²) >= 11 is 0. The second-order valence-electron chi connectivity index (χ2n) is 7.49. The highest BCUT2D eigenvalue weighted by Gasteiger charge is 2.40. The molecule has 0 aliphatic carbocycles. The Morgan fingerprint density at radius 3 is 2.63 bits per heavy atom. The highest BCUT2D eigenvalue weighted by Crippen LogP contribution is 2.30. The molecule has 2 aromatic rings. The minimum Gasteiger partial charge on any atom is -0.496 e. The first kappa shape index (κ1) is 20.4. The van der Waals surface area contributed by atoms with E-state index in [2.05, 4.69) is 5.32 Å². The van der Waals surface area contributed by atoms with Gasteiger partial charge in [-0.1, -0.05) is 42.5 Å². The molecule has 2 fully saturated rings. The number of imide groups is 1. The zero-order valence-corrected chi connectivity index (χ0v) is 17.0. The number of carbonyl (C=O) groups excluding carboxylic acids is 2. The number of carbonyl (C=O) groups is 2. The summed E-state index contributed by atoms with van der Waals surface area (Å²) in [7, 11) is 1.55. The number of methoxy groups -OCH3 is 1. The van der Waals surface area contributed by atoms with Crippen LogP contribution in [0.3, 0.4) is 0 Å². The van der Waals surface area contributed by atoms with E-state index in [4.69, 9.17) is 14.2 Å². The smallest absolute Gasteiger partial charge is 0.325 e. The van der Waals surface area contributed by atoms with Gasteiger partial charge in [0.2, 0.25) is 0 Å². The standard InChI is InChI=1S/C23H26N2O5/c1-28-20-8-3-2-7-19(20)21-22(26)25(23(27)24-21)14-16-5-4-6-17(13-16)15-30-18-9-11-29-12-10-18/h2-8,13,18,21H,9-12,14-15H2,1H3,(H,24,27). The summed E-state index contributed by atoms with van der Waals surface area (Å²) in [4.78, 5) is 26.7. The molecule has 7 nitrogen and oxygen atoms in total. The number of nitrogens with zero attached hydrogens (tertiary/aromatic N) is 1. The first-order chi connectivity index (χ1) is 14.7. The third-order valence-electron chi connectivity index (χ3n) is 5.46. The summed E-state index contributed by atoms with van der Waals surface area (Å²) in [5.74, 6) is 0.290. The van der Waals surface area contributed by atoms with Gasteiger partial charge in [-0.25, -0.2) is 4.79 Å². The van der Waals surface area contributed by atoms with Crippen LogP contribution >= 0.6 is 0 Å². The highest BCUT2D eigenvalue weighted by atomic mass is 16.5. The molecule has 2 aliphatic rings. The zero-order chi connectivity index (χ0) is 20.9. The topological polar surface area (TPSA) is 77.1 Å². The molecule has 0 radical (unpaired) electrons. The average Bonchev–Trinajstić information content (AvgIpc) is 3.07. The first-order valence-electron chi connectivity index (χ1n) is 10.2. The molecule has 0 aromatic heterocycles. The van der Waals surface area contributed by atoms with Crippen LogP contribution in [0.5, 0.6) is 5.75 Å². The van der Waals surface area contributed by atoms with Gasteiger partial charge in [0.15, 0.2) is 0 Å². The lowest BCUT2D eigenvalue weighted by molar-refractivity contribution is -0.128. The lowest BCUT2D eigenvalue weighted by atomic mass is 10.1. The maximum atomic E-state index is 13.0. The normalized spacial score (nSPS) is 19.8. The summed E-state index contributed by atoms with van der Waals surface area (Å²) in [5.41, 5.74) is 2.55. The van der Waals surface area contributed by atoms with Gasteiger partial charge in [-0.2, -0.15) is 0 Å². The lowest BCUT2D eigenvalue weighted by Gasteiger charge is -2.22. The van der Waals surface area contributed by atoms with Gasteiger partial charge in [-0.05, 0) is 30.0 Å². The molecule has 1 unspecified atom stereocenters. The number of urea groups is 1. The van der Waals surface area contributed by atoms with Gasteiger partial charge in [0.25, 0.3) is 5.91 Å². The van der Waals surface area contributed by atoms with Crippen LogP contribution in [0.15, 0.2) is 48.5 Å². The molecule has 2 aliphatic heterocycles. The predicted molar refractivity (Wildman–Crippen MR) is 110 cm³/mol. The third kappa shape index (κ3) is 4.47. The van der Waals surface area contributed by atoms with E-state index in [1.54, 1.807) is 19.2 Å². The largest absolute Gasteiger partial charge is 0.496 e. The van der Waals surface area contributed by atoms with E-state index < -0.39 is 12.1 Å². The van der Waals surface area contributed by atoms with Crippen molar-refractivity contribution in [2.45, 2.75) is 38.1 Å². The van der Waals surface area contributed by atoms with Crippen LogP contribution in [-0.4, -0.2) is 43.3 Å². The minimum atomic E-state index is -0.742. The zero-order valence-electron chi connectivity index (χ0n) is 17.0. The molecular formula is C23H26N2O5. The second-order valence-corrected chi connectivity index (χ2v) is 7.49. The number of hydrogen-bond donors (Lipinski definition) is 1. The van der Waals surface area contributed by atoms with Crippen molar-refractivity contribution in [3.8, 4) is 5.75 Å². The van der Waals surface area contributed by atoms with Crippen LogP contribution in [0.25, 0.3) is 0 Å². The van der Waals surface area contributed by atoms with Crippen LogP contribution in [0.1, 0.15) is 35.6 Å². The Morgan fingerprint density at radius 1 is 1.07 bits per heavy atom. The van der Waals surface area contributed by atoms with Gasteiger partial charge in [0.05, 0.1) is 26.4 Å². The third-order valence-corrected chi connectivity index (χ3v) is 5.46. The molecule has 2 saturated heterocycles. The van der Waals surface area contributed by atoms with Crippen molar-refractivity contribution < 1.29 is 23.8 Å². The summed E-state index contributed by atoms with van der Waals surface area (Å²) in [5, 5.41) is 2.77. The molecular weight excluding hydrogens is 384 g/mol. The van der Waals surface area contributed by atoms with Crippen molar-refractivity contribution in [3.63, 3.8) is 0 Å². The molecule has 30 heavy (non-hydrogen) atoms. The SMILES string of the molecule is COc1ccccc1C1NC(=O)N(Cc2cccc(COC3CCOCC3)c2)C1=O. The fraction of sp³-hybridized carbons (Fsp3) is 0.391. The Morgan fingerprint density at radius 2 is 1.83 bits per heavy atom. The number of ether oxygens (including phenoxy) is 3. The Kier molecular flexibility index (Phi) is 6.30. The Labute approximate surface area is 175 Å². The molecule has 1 atom stereocenters. The first-order valence-corrected chi connectivity index (χ1v) is 10.2. The fourth-order valence-corrected chi connectivity index (χ4v) is 3.84. The molecule has 1 N–H and O–H groups in total. The van der Waals surface area contributed by atoms with Crippen molar-refractivity contribution in [3.05, 3.63) is 65.2 Å². The number of benzene rings is 2. The minimum absolute atomic E-state index is 0.210. The van der Waals surface area contributed by atoms with Gasteiger partial charge < -0.3 is 19.5 Å². The summed E-state index contributed by atoms with van der Waals surface area (Å²) in [6, 6.07) is 13.9. The van der Waals surface area contributed by atoms with Gasteiger partial charge in [0, 0.05) is 18.8 Å². The number of rotatable bonds is 7. The average molecular weight is 410 g/mol. The molecule has 2 heterocycles. The van der Waals surface area contributed by atoms with Gasteiger partial charge in [-0.15, -0.1) is 0 Å². The van der Waals surface area contributed by atoms with Crippen molar-refractivity contribution >= 4 is 11.9 Å². The summed E-state index contributed by atoms with van der Waals surface area (Å²) < 4.78 is 16.7. The van der Waals surface area contributed by atoms with Crippen LogP contribution in [-0.2, 0) is 27.4 Å². The van der Waals surface area contributed by atoms with E-state index in [0.29, 0.717) is 17.9 Å². The van der Waals surface area contributed by atoms with Crippen LogP contribution in [0.4, 0.5) is 4.79 Å². The monoisotopic (exact) mass is 410 g/mol. The molecule has 2 aromatic carbocycles. The number of para-hydroxylation sites is 1. The van der Waals surface area contributed by atoms with Gasteiger partial charge in [-0.3, -0.25) is 9.69 Å². The number of hydrogen-bond acceptors (Lipinski definition) is 5. The van der Waals surface area contributed by atoms with Gasteiger partial charge >= 0.3 is 6.03 Å². The highest BCUT2D eigenvalue weighted by molar-refractivity contribution is 6.04. The summed E-state index contributed by atoms with van der Waals surface area (Å²) in [6.45, 7) is 2.19. The predicted octanol–water partition coefficient (Wildman–Crippen LogP) is 3.18. The van der Waals surface area contributed by atoms with Crippen LogP contribution < -0.4 is 10.1 Å². The molecule has 158 valence electrons. The lowest BCUT2D eigenvalue weighted by Crippen LogP contribution is -2.30. The maximum absolute atomic E-state index is 13.0. The van der Waals surface area contributed by atoms with Gasteiger partial charge in [0.1, 0.15) is 11.8 Å². The van der Waals surface area contributed by atoms with Crippen molar-refractivity contribution in [1.82, 2.24) is 10.2 Å². The van der Waals surface area contributed by atoms with Crippen molar-refractivity contribution in [2.75, 3.05) is 20.3 Å². The van der Waals surface area contributed by atoms with Crippen molar-refractivity contribution in [2.24, 2.45) is 0 Å². The molecule has 0 bridgehead atoms. The molecule has 7 heteroatoms. The van der Waals surface area contributed by atoms with Crippen LogP contribution in [0, 0.1) is 0 Å². The Balaban J connectivity index is 1.42. The fourth-order valence-electron chi connectivity index (χ4n) is 3.84. The molecule has 4 rings (SSSR count). The van der Waals surface area contributed by atoms with E-state index in [1.165, 1.54) is 4.90 Å². The maximum Gasteiger partial charge on any atom is 0.325 e. The molecule has 3 amide bonds. The molecule has 0 saturated carbocycles. The van der Waals surface area contributed by atoms with E-state index in [9.17, 15) is 9.59 Å². The summed E-state index contributed by atoms with van der Waals surface area (Å²) in [6.07, 6.45) is 2.04. The number of amides is 3. The Hall–Kier alpha value is -2.90. The molecule has 0 spiro atoms. The second kappa shape index (κ2) is 9.28.